The molecule has 1 N–H and O–H groups in total. The molecule has 1 heterocycles. The summed E-state index contributed by atoms with van der Waals surface area (Å²) in [4.78, 5) is 8.82. The Kier molecular flexibility index (Phi) is 6.10. The molecule has 0 saturated heterocycles. The summed E-state index contributed by atoms with van der Waals surface area (Å²) in [7, 11) is 4.88. The van der Waals surface area contributed by atoms with Gasteiger partial charge in [-0.25, -0.2) is 0 Å². The third-order valence-corrected chi connectivity index (χ3v) is 4.15. The van der Waals surface area contributed by atoms with Crippen molar-refractivity contribution in [3.05, 3.63) is 60.2 Å². The van der Waals surface area contributed by atoms with E-state index in [4.69, 9.17) is 14.2 Å². The van der Waals surface area contributed by atoms with Gasteiger partial charge in [0.15, 0.2) is 0 Å². The van der Waals surface area contributed by atoms with Crippen LogP contribution in [0.2, 0.25) is 0 Å². The van der Waals surface area contributed by atoms with Gasteiger partial charge in [-0.3, -0.25) is 0 Å². The van der Waals surface area contributed by atoms with Crippen molar-refractivity contribution in [3.8, 4) is 28.8 Å². The van der Waals surface area contributed by atoms with Gasteiger partial charge in [-0.1, -0.05) is 12.1 Å². The summed E-state index contributed by atoms with van der Waals surface area (Å²) in [5.74, 6) is 2.38. The molecule has 0 saturated carbocycles. The molecule has 0 atom stereocenters. The van der Waals surface area contributed by atoms with Crippen LogP contribution in [-0.2, 0) is 6.42 Å². The van der Waals surface area contributed by atoms with Crippen LogP contribution >= 0.6 is 0 Å². The van der Waals surface area contributed by atoms with Gasteiger partial charge >= 0.3 is 6.01 Å². The molecular weight excluding hydrogens is 342 g/mol. The minimum absolute atomic E-state index is 0.329. The first-order valence-corrected chi connectivity index (χ1v) is 8.66. The molecule has 0 unspecified atom stereocenters. The van der Waals surface area contributed by atoms with E-state index in [1.54, 1.807) is 21.3 Å². The summed E-state index contributed by atoms with van der Waals surface area (Å²) >= 11 is 0. The third-order valence-electron chi connectivity index (χ3n) is 4.15. The first-order chi connectivity index (χ1) is 13.2. The smallest absolute Gasteiger partial charge is 0.318 e. The van der Waals surface area contributed by atoms with E-state index in [-0.39, 0.29) is 0 Å². The second kappa shape index (κ2) is 8.89. The Balaban J connectivity index is 1.70. The van der Waals surface area contributed by atoms with Crippen molar-refractivity contribution in [2.24, 2.45) is 0 Å². The minimum Gasteiger partial charge on any atom is -0.497 e. The molecule has 1 aromatic heterocycles. The zero-order valence-electron chi connectivity index (χ0n) is 15.7. The lowest BCUT2D eigenvalue weighted by molar-refractivity contribution is 0.381. The predicted octanol–water partition coefficient (Wildman–Crippen LogP) is 3.82. The van der Waals surface area contributed by atoms with E-state index < -0.39 is 0 Å². The van der Waals surface area contributed by atoms with Gasteiger partial charge in [0.05, 0.1) is 27.0 Å². The van der Waals surface area contributed by atoms with Crippen molar-refractivity contribution in [1.82, 2.24) is 9.97 Å². The Labute approximate surface area is 159 Å². The van der Waals surface area contributed by atoms with E-state index in [1.165, 1.54) is 5.56 Å². The first kappa shape index (κ1) is 18.5. The van der Waals surface area contributed by atoms with Crippen LogP contribution in [0.25, 0.3) is 11.3 Å². The predicted molar refractivity (Wildman–Crippen MR) is 106 cm³/mol. The van der Waals surface area contributed by atoms with Crippen molar-refractivity contribution >= 4 is 5.82 Å². The van der Waals surface area contributed by atoms with Crippen LogP contribution in [0.3, 0.4) is 0 Å². The van der Waals surface area contributed by atoms with E-state index >= 15 is 0 Å². The highest BCUT2D eigenvalue weighted by atomic mass is 16.5. The van der Waals surface area contributed by atoms with Gasteiger partial charge in [0.1, 0.15) is 17.3 Å². The normalized spacial score (nSPS) is 10.3. The molecule has 2 aromatic carbocycles. The topological polar surface area (TPSA) is 65.5 Å². The number of anilines is 1. The Morgan fingerprint density at radius 3 is 2.00 bits per heavy atom. The summed E-state index contributed by atoms with van der Waals surface area (Å²) in [6.45, 7) is 0.745. The fourth-order valence-corrected chi connectivity index (χ4v) is 2.64. The largest absolute Gasteiger partial charge is 0.497 e. The van der Waals surface area contributed by atoms with Crippen LogP contribution in [0.15, 0.2) is 54.6 Å². The lowest BCUT2D eigenvalue weighted by atomic mass is 10.1. The highest BCUT2D eigenvalue weighted by Gasteiger charge is 2.07. The Morgan fingerprint density at radius 1 is 0.778 bits per heavy atom. The van der Waals surface area contributed by atoms with Crippen molar-refractivity contribution in [2.75, 3.05) is 33.2 Å². The van der Waals surface area contributed by atoms with Gasteiger partial charge in [-0.2, -0.15) is 9.97 Å². The molecule has 0 radical (unpaired) electrons. The van der Waals surface area contributed by atoms with Crippen LogP contribution in [0.1, 0.15) is 5.56 Å². The third kappa shape index (κ3) is 4.88. The van der Waals surface area contributed by atoms with Gasteiger partial charge in [-0.05, 0) is 48.4 Å². The molecular formula is C21H23N3O3. The highest BCUT2D eigenvalue weighted by Crippen LogP contribution is 2.24. The van der Waals surface area contributed by atoms with Crippen LogP contribution in [-0.4, -0.2) is 37.8 Å². The Bertz CT molecular complexity index is 865. The van der Waals surface area contributed by atoms with Gasteiger partial charge in [0.25, 0.3) is 0 Å². The molecule has 140 valence electrons. The summed E-state index contributed by atoms with van der Waals surface area (Å²) in [5.41, 5.74) is 2.98. The fraction of sp³-hybridized carbons (Fsp3) is 0.238. The van der Waals surface area contributed by atoms with E-state index in [9.17, 15) is 0 Å². The maximum Gasteiger partial charge on any atom is 0.318 e. The van der Waals surface area contributed by atoms with Gasteiger partial charge < -0.3 is 19.5 Å². The lowest BCUT2D eigenvalue weighted by Crippen LogP contribution is -2.08. The standard InChI is InChI=1S/C21H23N3O3/c1-25-17-8-4-15(5-9-17)12-13-22-20-14-19(23-21(24-20)27-3)16-6-10-18(26-2)11-7-16/h4-11,14H,12-13H2,1-3H3,(H,22,23,24). The average Bonchev–Trinajstić information content (AvgIpc) is 2.74. The number of hydrogen-bond acceptors (Lipinski definition) is 6. The maximum atomic E-state index is 5.25. The monoisotopic (exact) mass is 365 g/mol. The summed E-state index contributed by atoms with van der Waals surface area (Å²) in [5, 5.41) is 3.34. The van der Waals surface area contributed by atoms with Gasteiger partial charge in [-0.15, -0.1) is 0 Å². The fourth-order valence-electron chi connectivity index (χ4n) is 2.64. The van der Waals surface area contributed by atoms with Crippen molar-refractivity contribution in [2.45, 2.75) is 6.42 Å². The van der Waals surface area contributed by atoms with Crippen LogP contribution in [0, 0.1) is 0 Å². The van der Waals surface area contributed by atoms with Crippen LogP contribution in [0.4, 0.5) is 5.82 Å². The molecule has 0 spiro atoms. The SMILES string of the molecule is COc1ccc(CCNc2cc(-c3ccc(OC)cc3)nc(OC)n2)cc1. The molecule has 0 aliphatic heterocycles. The molecule has 6 heteroatoms. The van der Waals surface area contributed by atoms with E-state index in [2.05, 4.69) is 27.4 Å². The Hall–Kier alpha value is -3.28. The van der Waals surface area contributed by atoms with Gasteiger partial charge in [0, 0.05) is 18.2 Å². The first-order valence-electron chi connectivity index (χ1n) is 8.66. The molecule has 0 aliphatic rings. The number of nitrogens with zero attached hydrogens (tertiary/aromatic N) is 2. The highest BCUT2D eigenvalue weighted by molar-refractivity contribution is 5.63. The number of rotatable bonds is 8. The van der Waals surface area contributed by atoms with E-state index in [1.807, 2.05) is 42.5 Å². The minimum atomic E-state index is 0.329. The number of benzene rings is 2. The second-order valence-corrected chi connectivity index (χ2v) is 5.88. The number of methoxy groups -OCH3 is 3. The number of nitrogens with one attached hydrogen (secondary N) is 1. The molecule has 0 bridgehead atoms. The van der Waals surface area contributed by atoms with Gasteiger partial charge in [0.2, 0.25) is 0 Å². The molecule has 6 nitrogen and oxygen atoms in total. The van der Waals surface area contributed by atoms with Crippen LogP contribution < -0.4 is 19.5 Å². The van der Waals surface area contributed by atoms with Crippen molar-refractivity contribution < 1.29 is 14.2 Å². The lowest BCUT2D eigenvalue weighted by Gasteiger charge is -2.10. The summed E-state index contributed by atoms with van der Waals surface area (Å²) in [6, 6.07) is 18.0. The van der Waals surface area contributed by atoms with Crippen LogP contribution in [0.5, 0.6) is 17.5 Å². The molecule has 3 rings (SSSR count). The quantitative estimate of drug-likeness (QED) is 0.655. The Morgan fingerprint density at radius 2 is 1.41 bits per heavy atom. The molecule has 0 amide bonds. The second-order valence-electron chi connectivity index (χ2n) is 5.88. The maximum absolute atomic E-state index is 5.25. The molecule has 0 fully saturated rings. The summed E-state index contributed by atoms with van der Waals surface area (Å²) < 4.78 is 15.6. The van der Waals surface area contributed by atoms with Crippen molar-refractivity contribution in [1.29, 1.82) is 0 Å². The average molecular weight is 365 g/mol. The number of aromatic nitrogens is 2. The molecule has 0 aliphatic carbocycles. The van der Waals surface area contributed by atoms with E-state index in [0.29, 0.717) is 6.01 Å². The molecule has 27 heavy (non-hydrogen) atoms. The number of hydrogen-bond donors (Lipinski definition) is 1. The van der Waals surface area contributed by atoms with Crippen molar-refractivity contribution in [3.63, 3.8) is 0 Å². The number of ether oxygens (including phenoxy) is 3. The molecule has 3 aromatic rings. The zero-order chi connectivity index (χ0) is 19.1. The van der Waals surface area contributed by atoms with E-state index in [0.717, 1.165) is 41.5 Å². The zero-order valence-corrected chi connectivity index (χ0v) is 15.7. The summed E-state index contributed by atoms with van der Waals surface area (Å²) in [6.07, 6.45) is 0.869.